The Bertz CT molecular complexity index is 3210. The number of nitrogens with zero attached hydrogens (tertiary/aromatic N) is 1. The third-order valence-corrected chi connectivity index (χ3v) is 12.3. The molecule has 9 aromatic carbocycles. The average Bonchev–Trinajstić information content (AvgIpc) is 3.86. The van der Waals surface area contributed by atoms with Crippen LogP contribution in [0.5, 0.6) is 0 Å². The molecule has 57 heavy (non-hydrogen) atoms. The summed E-state index contributed by atoms with van der Waals surface area (Å²) in [6, 6.07) is 76.3. The van der Waals surface area contributed by atoms with Crippen LogP contribution in [0.1, 0.15) is 0 Å². The van der Waals surface area contributed by atoms with Crippen molar-refractivity contribution in [2.45, 2.75) is 0 Å². The highest BCUT2D eigenvalue weighted by Crippen LogP contribution is 2.43. The van der Waals surface area contributed by atoms with Crippen LogP contribution in [0.3, 0.4) is 0 Å². The van der Waals surface area contributed by atoms with Crippen molar-refractivity contribution in [3.63, 3.8) is 0 Å². The van der Waals surface area contributed by atoms with Gasteiger partial charge in [0, 0.05) is 53.6 Å². The first kappa shape index (κ1) is 33.2. The molecule has 0 amide bonds. The van der Waals surface area contributed by atoms with Crippen LogP contribution in [0, 0.1) is 0 Å². The topological polar surface area (TPSA) is 16.4 Å². The van der Waals surface area contributed by atoms with E-state index in [1.165, 1.54) is 53.6 Å². The van der Waals surface area contributed by atoms with Gasteiger partial charge in [0.25, 0.3) is 0 Å². The summed E-state index contributed by atoms with van der Waals surface area (Å²) in [7, 11) is 0. The van der Waals surface area contributed by atoms with Gasteiger partial charge in [-0.1, -0.05) is 164 Å². The summed E-state index contributed by atoms with van der Waals surface area (Å²) in [5, 5.41) is 4.89. The Morgan fingerprint density at radius 3 is 1.60 bits per heavy atom. The second-order valence-corrected chi connectivity index (χ2v) is 15.5. The molecule has 0 aliphatic heterocycles. The summed E-state index contributed by atoms with van der Waals surface area (Å²) < 4.78 is 9.13. The number of hydrogen-bond acceptors (Lipinski definition) is 3. The van der Waals surface area contributed by atoms with Gasteiger partial charge in [-0.3, -0.25) is 0 Å². The van der Waals surface area contributed by atoms with Crippen molar-refractivity contribution in [1.29, 1.82) is 0 Å². The molecule has 0 aliphatic rings. The van der Waals surface area contributed by atoms with E-state index in [4.69, 9.17) is 4.42 Å². The van der Waals surface area contributed by atoms with Gasteiger partial charge in [-0.05, 0) is 87.5 Å². The van der Waals surface area contributed by atoms with Gasteiger partial charge in [-0.15, -0.1) is 11.3 Å². The molecule has 0 unspecified atom stereocenters. The van der Waals surface area contributed by atoms with Gasteiger partial charge in [0.2, 0.25) is 0 Å². The summed E-state index contributed by atoms with van der Waals surface area (Å²) in [4.78, 5) is 2.36. The van der Waals surface area contributed by atoms with Gasteiger partial charge in [0.05, 0.1) is 0 Å². The van der Waals surface area contributed by atoms with Crippen molar-refractivity contribution >= 4 is 70.5 Å². The Hall–Kier alpha value is -7.20. The summed E-state index contributed by atoms with van der Waals surface area (Å²) in [5.74, 6) is 0. The molecular weight excluding hydrogens is 711 g/mol. The monoisotopic (exact) mass is 745 g/mol. The molecule has 0 saturated carbocycles. The lowest BCUT2D eigenvalue weighted by Crippen LogP contribution is -2.10. The minimum absolute atomic E-state index is 0.902. The Balaban J connectivity index is 1.00. The highest BCUT2D eigenvalue weighted by Gasteiger charge is 2.18. The Kier molecular flexibility index (Phi) is 8.04. The van der Waals surface area contributed by atoms with E-state index in [9.17, 15) is 0 Å². The van der Waals surface area contributed by atoms with E-state index in [0.717, 1.165) is 50.1 Å². The van der Waals surface area contributed by atoms with Gasteiger partial charge in [-0.25, -0.2) is 0 Å². The number of furan rings is 1. The van der Waals surface area contributed by atoms with Gasteiger partial charge < -0.3 is 9.32 Å². The molecule has 0 spiro atoms. The first-order chi connectivity index (χ1) is 28.2. The number of rotatable bonds is 7. The molecule has 0 radical (unpaired) electrons. The molecule has 0 N–H and O–H groups in total. The molecule has 0 aliphatic carbocycles. The van der Waals surface area contributed by atoms with Crippen LogP contribution in [-0.2, 0) is 0 Å². The standard InChI is InChI=1S/C54H35NOS/c1-2-11-36(12-3-1)37-23-25-38(26-24-37)39-27-31-42(32-28-39)55(43-33-29-40(30-34-43)46-18-10-20-50-48-16-5-7-22-52(48)57-54(46)50)44-14-8-13-41(35-44)45-17-9-19-49-47-15-4-6-21-51(47)56-53(45)49/h1-35H. The van der Waals surface area contributed by atoms with E-state index < -0.39 is 0 Å². The average molecular weight is 746 g/mol. The van der Waals surface area contributed by atoms with Gasteiger partial charge in [0.15, 0.2) is 0 Å². The third kappa shape index (κ3) is 5.88. The zero-order valence-electron chi connectivity index (χ0n) is 31.0. The first-order valence-electron chi connectivity index (χ1n) is 19.3. The van der Waals surface area contributed by atoms with Crippen LogP contribution >= 0.6 is 11.3 Å². The van der Waals surface area contributed by atoms with Crippen LogP contribution in [-0.4, -0.2) is 0 Å². The second-order valence-electron chi connectivity index (χ2n) is 14.5. The van der Waals surface area contributed by atoms with Crippen molar-refractivity contribution in [1.82, 2.24) is 0 Å². The molecular formula is C54H35NOS. The number of benzene rings is 9. The summed E-state index contributed by atoms with van der Waals surface area (Å²) >= 11 is 1.87. The van der Waals surface area contributed by atoms with Crippen LogP contribution in [0.4, 0.5) is 17.1 Å². The van der Waals surface area contributed by atoms with E-state index in [1.807, 2.05) is 23.5 Å². The van der Waals surface area contributed by atoms with Crippen LogP contribution in [0.15, 0.2) is 217 Å². The van der Waals surface area contributed by atoms with Crippen molar-refractivity contribution in [3.8, 4) is 44.5 Å². The van der Waals surface area contributed by atoms with Crippen LogP contribution < -0.4 is 4.90 Å². The van der Waals surface area contributed by atoms with E-state index in [2.05, 4.69) is 205 Å². The highest BCUT2D eigenvalue weighted by molar-refractivity contribution is 7.26. The normalized spacial score (nSPS) is 11.5. The summed E-state index contributed by atoms with van der Waals surface area (Å²) in [6.07, 6.45) is 0. The predicted octanol–water partition coefficient (Wildman–Crippen LogP) is 16.1. The largest absolute Gasteiger partial charge is 0.455 e. The smallest absolute Gasteiger partial charge is 0.143 e. The maximum absolute atomic E-state index is 6.49. The van der Waals surface area contributed by atoms with Gasteiger partial charge >= 0.3 is 0 Å². The number of anilines is 3. The molecule has 2 aromatic heterocycles. The number of thiophene rings is 1. The molecule has 268 valence electrons. The minimum Gasteiger partial charge on any atom is -0.455 e. The van der Waals surface area contributed by atoms with Crippen molar-refractivity contribution in [3.05, 3.63) is 212 Å². The maximum atomic E-state index is 6.49. The van der Waals surface area contributed by atoms with E-state index in [0.29, 0.717) is 0 Å². The fourth-order valence-electron chi connectivity index (χ4n) is 8.29. The van der Waals surface area contributed by atoms with Gasteiger partial charge in [0.1, 0.15) is 11.2 Å². The summed E-state index contributed by atoms with van der Waals surface area (Å²) in [6.45, 7) is 0. The molecule has 0 bridgehead atoms. The number of para-hydroxylation sites is 2. The molecule has 0 atom stereocenters. The number of hydrogen-bond donors (Lipinski definition) is 0. The second kappa shape index (κ2) is 13.8. The lowest BCUT2D eigenvalue weighted by molar-refractivity contribution is 0.670. The van der Waals surface area contributed by atoms with Crippen LogP contribution in [0.25, 0.3) is 86.6 Å². The zero-order chi connectivity index (χ0) is 37.7. The molecule has 2 heterocycles. The number of fused-ring (bicyclic) bond motifs is 6. The fourth-order valence-corrected chi connectivity index (χ4v) is 9.53. The molecule has 0 saturated heterocycles. The first-order valence-corrected chi connectivity index (χ1v) is 20.1. The molecule has 11 aromatic rings. The Morgan fingerprint density at radius 2 is 0.860 bits per heavy atom. The van der Waals surface area contributed by atoms with E-state index in [-0.39, 0.29) is 0 Å². The Morgan fingerprint density at radius 1 is 0.333 bits per heavy atom. The van der Waals surface area contributed by atoms with Crippen LogP contribution in [0.2, 0.25) is 0 Å². The van der Waals surface area contributed by atoms with Crippen molar-refractivity contribution in [2.75, 3.05) is 4.90 Å². The summed E-state index contributed by atoms with van der Waals surface area (Å²) in [5.41, 5.74) is 14.5. The van der Waals surface area contributed by atoms with Crippen molar-refractivity contribution in [2.24, 2.45) is 0 Å². The molecule has 0 fully saturated rings. The third-order valence-electron chi connectivity index (χ3n) is 11.1. The zero-order valence-corrected chi connectivity index (χ0v) is 31.8. The molecule has 2 nitrogen and oxygen atoms in total. The Labute approximate surface area is 335 Å². The minimum atomic E-state index is 0.902. The lowest BCUT2D eigenvalue weighted by atomic mass is 9.99. The molecule has 3 heteroatoms. The quantitative estimate of drug-likeness (QED) is 0.162. The molecule has 11 rings (SSSR count). The van der Waals surface area contributed by atoms with E-state index in [1.54, 1.807) is 0 Å². The van der Waals surface area contributed by atoms with Gasteiger partial charge in [-0.2, -0.15) is 0 Å². The lowest BCUT2D eigenvalue weighted by Gasteiger charge is -2.26. The SMILES string of the molecule is c1ccc(-c2ccc(-c3ccc(N(c4ccc(-c5cccc6c5sc5ccccc56)cc4)c4cccc(-c5cccc6c5oc5ccccc56)c4)cc3)cc2)cc1. The maximum Gasteiger partial charge on any atom is 0.143 e. The van der Waals surface area contributed by atoms with E-state index >= 15 is 0 Å². The van der Waals surface area contributed by atoms with Crippen molar-refractivity contribution < 1.29 is 4.42 Å². The predicted molar refractivity (Wildman–Crippen MR) is 243 cm³/mol. The highest BCUT2D eigenvalue weighted by atomic mass is 32.1. The fraction of sp³-hybridized carbons (Fsp3) is 0.